The molecule has 0 saturated heterocycles. The van der Waals surface area contributed by atoms with Gasteiger partial charge in [0, 0.05) is 11.8 Å². The Morgan fingerprint density at radius 3 is 2.36 bits per heavy atom. The highest BCUT2D eigenvalue weighted by Crippen LogP contribution is 2.32. The van der Waals surface area contributed by atoms with Crippen LogP contribution in [0.1, 0.15) is 33.6 Å². The number of carbonyl (C=O) groups is 2. The SMILES string of the molecule is C[C@H]1C(=O)CCC(C)(C)C1=O. The van der Waals surface area contributed by atoms with Crippen molar-refractivity contribution in [1.82, 2.24) is 0 Å². The molecule has 0 N–H and O–H groups in total. The van der Waals surface area contributed by atoms with Gasteiger partial charge in [0.05, 0.1) is 5.92 Å². The maximum atomic E-state index is 11.4. The fraction of sp³-hybridized carbons (Fsp3) is 0.778. The summed E-state index contributed by atoms with van der Waals surface area (Å²) in [5, 5.41) is 0. The van der Waals surface area contributed by atoms with E-state index in [1.807, 2.05) is 13.8 Å². The van der Waals surface area contributed by atoms with E-state index in [1.165, 1.54) is 0 Å². The largest absolute Gasteiger partial charge is 0.299 e. The molecule has 0 aromatic rings. The van der Waals surface area contributed by atoms with Gasteiger partial charge in [-0.3, -0.25) is 9.59 Å². The summed E-state index contributed by atoms with van der Waals surface area (Å²) in [6.45, 7) is 5.54. The van der Waals surface area contributed by atoms with Crippen LogP contribution in [0.15, 0.2) is 0 Å². The Labute approximate surface area is 67.0 Å². The maximum absolute atomic E-state index is 11.4. The zero-order valence-corrected chi connectivity index (χ0v) is 7.31. The summed E-state index contributed by atoms with van der Waals surface area (Å²) < 4.78 is 0. The minimum absolute atomic E-state index is 0.105. The van der Waals surface area contributed by atoms with Crippen LogP contribution < -0.4 is 0 Å². The molecule has 0 spiro atoms. The highest BCUT2D eigenvalue weighted by Gasteiger charge is 2.39. The lowest BCUT2D eigenvalue weighted by Crippen LogP contribution is -2.39. The van der Waals surface area contributed by atoms with Crippen LogP contribution in [-0.2, 0) is 9.59 Å². The summed E-state index contributed by atoms with van der Waals surface area (Å²) in [5.41, 5.74) is -0.271. The Hall–Kier alpha value is -0.660. The van der Waals surface area contributed by atoms with Gasteiger partial charge in [0.1, 0.15) is 11.6 Å². The van der Waals surface area contributed by atoms with Gasteiger partial charge in [-0.25, -0.2) is 0 Å². The Morgan fingerprint density at radius 1 is 1.36 bits per heavy atom. The van der Waals surface area contributed by atoms with Crippen LogP contribution in [0.25, 0.3) is 0 Å². The number of carbonyl (C=O) groups excluding carboxylic acids is 2. The first-order valence-electron chi connectivity index (χ1n) is 4.02. The Morgan fingerprint density at radius 2 is 1.91 bits per heavy atom. The van der Waals surface area contributed by atoms with Gasteiger partial charge in [0.15, 0.2) is 0 Å². The first kappa shape index (κ1) is 8.44. The Kier molecular flexibility index (Phi) is 1.87. The Bertz CT molecular complexity index is 204. The van der Waals surface area contributed by atoms with Crippen LogP contribution in [0.5, 0.6) is 0 Å². The van der Waals surface area contributed by atoms with Gasteiger partial charge in [-0.15, -0.1) is 0 Å². The van der Waals surface area contributed by atoms with Crippen LogP contribution in [-0.4, -0.2) is 11.6 Å². The second-order valence-corrected chi connectivity index (χ2v) is 3.94. The second-order valence-electron chi connectivity index (χ2n) is 3.94. The molecule has 0 aromatic heterocycles. The molecule has 0 radical (unpaired) electrons. The molecule has 2 nitrogen and oxygen atoms in total. The van der Waals surface area contributed by atoms with Gasteiger partial charge in [-0.1, -0.05) is 13.8 Å². The van der Waals surface area contributed by atoms with Gasteiger partial charge in [-0.05, 0) is 13.3 Å². The number of ketones is 2. The van der Waals surface area contributed by atoms with Crippen molar-refractivity contribution >= 4 is 11.6 Å². The molecule has 0 bridgehead atoms. The molecular weight excluding hydrogens is 140 g/mol. The molecule has 0 amide bonds. The summed E-state index contributed by atoms with van der Waals surface area (Å²) in [4.78, 5) is 22.5. The molecule has 1 rings (SSSR count). The highest BCUT2D eigenvalue weighted by molar-refractivity contribution is 6.06. The van der Waals surface area contributed by atoms with Gasteiger partial charge in [-0.2, -0.15) is 0 Å². The predicted octanol–water partition coefficient (Wildman–Crippen LogP) is 1.58. The predicted molar refractivity (Wildman–Crippen MR) is 42.2 cm³/mol. The molecule has 0 heterocycles. The van der Waals surface area contributed by atoms with E-state index in [4.69, 9.17) is 0 Å². The second kappa shape index (κ2) is 2.43. The normalized spacial score (nSPS) is 30.6. The van der Waals surface area contributed by atoms with Crippen LogP contribution in [0.3, 0.4) is 0 Å². The number of rotatable bonds is 0. The average Bonchev–Trinajstić information content (AvgIpc) is 1.95. The van der Waals surface area contributed by atoms with Crippen molar-refractivity contribution in [3.63, 3.8) is 0 Å². The fourth-order valence-electron chi connectivity index (χ4n) is 1.51. The molecule has 0 aliphatic heterocycles. The average molecular weight is 154 g/mol. The molecule has 0 aromatic carbocycles. The molecule has 11 heavy (non-hydrogen) atoms. The molecule has 1 fully saturated rings. The van der Waals surface area contributed by atoms with Crippen molar-refractivity contribution in [1.29, 1.82) is 0 Å². The van der Waals surface area contributed by atoms with E-state index in [1.54, 1.807) is 6.92 Å². The topological polar surface area (TPSA) is 34.1 Å². The van der Waals surface area contributed by atoms with E-state index in [0.717, 1.165) is 6.42 Å². The number of hydrogen-bond donors (Lipinski definition) is 0. The summed E-state index contributed by atoms with van der Waals surface area (Å²) in [6, 6.07) is 0. The maximum Gasteiger partial charge on any atom is 0.148 e. The van der Waals surface area contributed by atoms with Crippen LogP contribution in [0.2, 0.25) is 0 Å². The molecule has 62 valence electrons. The van der Waals surface area contributed by atoms with Crippen molar-refractivity contribution in [3.8, 4) is 0 Å². The van der Waals surface area contributed by atoms with Crippen molar-refractivity contribution in [3.05, 3.63) is 0 Å². The van der Waals surface area contributed by atoms with Gasteiger partial charge in [0.25, 0.3) is 0 Å². The standard InChI is InChI=1S/C9H14O2/c1-6-7(10)4-5-9(2,3)8(6)11/h6H,4-5H2,1-3H3/t6-/m0/s1. The molecule has 2 heteroatoms. The van der Waals surface area contributed by atoms with E-state index < -0.39 is 0 Å². The van der Waals surface area contributed by atoms with E-state index in [-0.39, 0.29) is 22.9 Å². The zero-order chi connectivity index (χ0) is 8.65. The molecule has 0 unspecified atom stereocenters. The van der Waals surface area contributed by atoms with Crippen molar-refractivity contribution in [2.24, 2.45) is 11.3 Å². The summed E-state index contributed by atoms with van der Waals surface area (Å²) >= 11 is 0. The monoisotopic (exact) mass is 154 g/mol. The van der Waals surface area contributed by atoms with E-state index >= 15 is 0 Å². The van der Waals surface area contributed by atoms with Crippen LogP contribution in [0, 0.1) is 11.3 Å². The van der Waals surface area contributed by atoms with E-state index in [0.29, 0.717) is 6.42 Å². The van der Waals surface area contributed by atoms with Gasteiger partial charge in [0.2, 0.25) is 0 Å². The number of hydrogen-bond acceptors (Lipinski definition) is 2. The lowest BCUT2D eigenvalue weighted by molar-refractivity contribution is -0.142. The number of Topliss-reactive ketones (excluding diaryl/α,β-unsaturated/α-hetero) is 2. The van der Waals surface area contributed by atoms with E-state index in [9.17, 15) is 9.59 Å². The fourth-order valence-corrected chi connectivity index (χ4v) is 1.51. The van der Waals surface area contributed by atoms with Crippen LogP contribution >= 0.6 is 0 Å². The third kappa shape index (κ3) is 1.35. The van der Waals surface area contributed by atoms with Gasteiger partial charge >= 0.3 is 0 Å². The minimum Gasteiger partial charge on any atom is -0.299 e. The molecular formula is C9H14O2. The first-order valence-corrected chi connectivity index (χ1v) is 4.02. The first-order chi connectivity index (χ1) is 4.95. The third-order valence-corrected chi connectivity index (χ3v) is 2.54. The highest BCUT2D eigenvalue weighted by atomic mass is 16.2. The summed E-state index contributed by atoms with van der Waals surface area (Å²) in [5.74, 6) is -0.151. The summed E-state index contributed by atoms with van der Waals surface area (Å²) in [6.07, 6.45) is 1.29. The smallest absolute Gasteiger partial charge is 0.148 e. The third-order valence-electron chi connectivity index (χ3n) is 2.54. The van der Waals surface area contributed by atoms with Crippen molar-refractivity contribution in [2.75, 3.05) is 0 Å². The van der Waals surface area contributed by atoms with Crippen molar-refractivity contribution < 1.29 is 9.59 Å². The minimum atomic E-state index is -0.362. The molecule has 1 atom stereocenters. The molecule has 1 aliphatic rings. The summed E-state index contributed by atoms with van der Waals surface area (Å²) in [7, 11) is 0. The molecule has 1 aliphatic carbocycles. The van der Waals surface area contributed by atoms with Crippen LogP contribution in [0.4, 0.5) is 0 Å². The van der Waals surface area contributed by atoms with E-state index in [2.05, 4.69) is 0 Å². The lowest BCUT2D eigenvalue weighted by atomic mass is 9.71. The van der Waals surface area contributed by atoms with Gasteiger partial charge < -0.3 is 0 Å². The molecule has 1 saturated carbocycles. The lowest BCUT2D eigenvalue weighted by Gasteiger charge is -2.30. The van der Waals surface area contributed by atoms with Crippen molar-refractivity contribution in [2.45, 2.75) is 33.6 Å². The Balaban J connectivity index is 2.84. The quantitative estimate of drug-likeness (QED) is 0.496. The zero-order valence-electron chi connectivity index (χ0n) is 7.31.